The second-order valence-corrected chi connectivity index (χ2v) is 5.42. The molecule has 0 unspecified atom stereocenters. The van der Waals surface area contributed by atoms with Crippen LogP contribution in [0.4, 0.5) is 0 Å². The molecule has 0 saturated heterocycles. The van der Waals surface area contributed by atoms with Crippen LogP contribution in [0.2, 0.25) is 0 Å². The van der Waals surface area contributed by atoms with E-state index in [0.717, 1.165) is 17.5 Å². The number of fused-ring (bicyclic) bond motifs is 1. The van der Waals surface area contributed by atoms with Crippen molar-refractivity contribution >= 4 is 11.7 Å². The molecule has 18 heavy (non-hydrogen) atoms. The Morgan fingerprint density at radius 3 is 2.67 bits per heavy atom. The largest absolute Gasteiger partial charge is 0.456 e. The van der Waals surface area contributed by atoms with E-state index in [0.29, 0.717) is 17.7 Å². The summed E-state index contributed by atoms with van der Waals surface area (Å²) >= 11 is 0. The predicted octanol–water partition coefficient (Wildman–Crippen LogP) is 2.77. The first kappa shape index (κ1) is 12.6. The van der Waals surface area contributed by atoms with E-state index in [2.05, 4.69) is 5.16 Å². The van der Waals surface area contributed by atoms with Crippen LogP contribution in [0.1, 0.15) is 48.7 Å². The first-order valence-corrected chi connectivity index (χ1v) is 5.98. The van der Waals surface area contributed by atoms with E-state index < -0.39 is 5.60 Å². The summed E-state index contributed by atoms with van der Waals surface area (Å²) in [7, 11) is 0. The lowest BCUT2D eigenvalue weighted by Crippen LogP contribution is -2.24. The number of carbonyl (C=O) groups is 1. The minimum absolute atomic E-state index is 0.320. The van der Waals surface area contributed by atoms with Crippen LogP contribution in [-0.2, 0) is 11.2 Å². The third-order valence-electron chi connectivity index (χ3n) is 2.80. The summed E-state index contributed by atoms with van der Waals surface area (Å²) in [6.45, 7) is 5.53. The molecule has 96 valence electrons. The van der Waals surface area contributed by atoms with Gasteiger partial charge in [-0.1, -0.05) is 11.2 Å². The highest BCUT2D eigenvalue weighted by atomic mass is 16.6. The molecule has 4 nitrogen and oxygen atoms in total. The number of ether oxygens (including phenoxy) is 1. The molecule has 0 fully saturated rings. The zero-order chi connectivity index (χ0) is 13.3. The molecule has 1 aliphatic rings. The lowest BCUT2D eigenvalue weighted by atomic mass is 10.1. The van der Waals surface area contributed by atoms with Gasteiger partial charge >= 0.3 is 5.97 Å². The van der Waals surface area contributed by atoms with Crippen molar-refractivity contribution in [2.75, 3.05) is 0 Å². The van der Waals surface area contributed by atoms with Crippen LogP contribution in [0.25, 0.3) is 0 Å². The van der Waals surface area contributed by atoms with Gasteiger partial charge in [0, 0.05) is 5.56 Å². The second-order valence-electron chi connectivity index (χ2n) is 5.42. The standard InChI is InChI=1S/C14H17NO3/c1-14(2,3)18-13(16)10-4-6-11-9(8-10)5-7-12(11)15-17/h4,6,8,17H,5,7H2,1-3H3. The van der Waals surface area contributed by atoms with Crippen molar-refractivity contribution in [3.8, 4) is 0 Å². The lowest BCUT2D eigenvalue weighted by molar-refractivity contribution is 0.00694. The highest BCUT2D eigenvalue weighted by molar-refractivity contribution is 6.05. The molecule has 0 radical (unpaired) electrons. The van der Waals surface area contributed by atoms with E-state index in [1.165, 1.54) is 0 Å². The van der Waals surface area contributed by atoms with Gasteiger partial charge in [0.1, 0.15) is 5.60 Å². The smallest absolute Gasteiger partial charge is 0.338 e. The van der Waals surface area contributed by atoms with Crippen LogP contribution in [0.3, 0.4) is 0 Å². The van der Waals surface area contributed by atoms with Gasteiger partial charge in [-0.2, -0.15) is 0 Å². The summed E-state index contributed by atoms with van der Waals surface area (Å²) in [5.74, 6) is -0.320. The number of rotatable bonds is 1. The number of aryl methyl sites for hydroxylation is 1. The normalized spacial score (nSPS) is 16.7. The third-order valence-corrected chi connectivity index (χ3v) is 2.80. The molecule has 1 N–H and O–H groups in total. The Bertz CT molecular complexity index is 512. The van der Waals surface area contributed by atoms with Gasteiger partial charge in [-0.15, -0.1) is 0 Å². The molecule has 2 rings (SSSR count). The van der Waals surface area contributed by atoms with Crippen molar-refractivity contribution in [2.24, 2.45) is 5.16 Å². The molecule has 0 amide bonds. The number of oxime groups is 1. The summed E-state index contributed by atoms with van der Waals surface area (Å²) < 4.78 is 5.32. The van der Waals surface area contributed by atoms with E-state index >= 15 is 0 Å². The molecule has 0 saturated carbocycles. The van der Waals surface area contributed by atoms with Gasteiger partial charge in [-0.05, 0) is 51.3 Å². The van der Waals surface area contributed by atoms with Gasteiger partial charge in [0.2, 0.25) is 0 Å². The van der Waals surface area contributed by atoms with Gasteiger partial charge in [0.25, 0.3) is 0 Å². The summed E-state index contributed by atoms with van der Waals surface area (Å²) in [4.78, 5) is 11.9. The van der Waals surface area contributed by atoms with Crippen LogP contribution >= 0.6 is 0 Å². The molecule has 1 aromatic rings. The Morgan fingerprint density at radius 1 is 1.33 bits per heavy atom. The van der Waals surface area contributed by atoms with Crippen LogP contribution in [0, 0.1) is 0 Å². The molecule has 4 heteroatoms. The maximum Gasteiger partial charge on any atom is 0.338 e. The molecule has 0 atom stereocenters. The van der Waals surface area contributed by atoms with Crippen molar-refractivity contribution in [1.29, 1.82) is 0 Å². The highest BCUT2D eigenvalue weighted by Crippen LogP contribution is 2.24. The number of hydrogen-bond acceptors (Lipinski definition) is 4. The summed E-state index contributed by atoms with van der Waals surface area (Å²) in [6.07, 6.45) is 1.51. The van der Waals surface area contributed by atoms with Crippen molar-refractivity contribution in [2.45, 2.75) is 39.2 Å². The van der Waals surface area contributed by atoms with Gasteiger partial charge < -0.3 is 9.94 Å². The van der Waals surface area contributed by atoms with Crippen molar-refractivity contribution < 1.29 is 14.7 Å². The Kier molecular flexibility index (Phi) is 3.11. The molecular weight excluding hydrogens is 230 g/mol. The van der Waals surface area contributed by atoms with Gasteiger partial charge in [-0.25, -0.2) is 4.79 Å². The maximum absolute atomic E-state index is 11.9. The Morgan fingerprint density at radius 2 is 2.06 bits per heavy atom. The summed E-state index contributed by atoms with van der Waals surface area (Å²) in [5.41, 5.74) is 2.69. The Labute approximate surface area is 106 Å². The number of carbonyl (C=O) groups excluding carboxylic acids is 1. The van der Waals surface area contributed by atoms with Crippen molar-refractivity contribution in [1.82, 2.24) is 0 Å². The van der Waals surface area contributed by atoms with Crippen LogP contribution in [0.5, 0.6) is 0 Å². The maximum atomic E-state index is 11.9. The van der Waals surface area contributed by atoms with Crippen LogP contribution in [-0.4, -0.2) is 22.5 Å². The van der Waals surface area contributed by atoms with Crippen LogP contribution in [0.15, 0.2) is 23.4 Å². The zero-order valence-electron chi connectivity index (χ0n) is 10.9. The predicted molar refractivity (Wildman–Crippen MR) is 68.3 cm³/mol. The topological polar surface area (TPSA) is 58.9 Å². The fraction of sp³-hybridized carbons (Fsp3) is 0.429. The van der Waals surface area contributed by atoms with Crippen LogP contribution < -0.4 is 0 Å². The quantitative estimate of drug-likeness (QED) is 0.471. The zero-order valence-corrected chi connectivity index (χ0v) is 10.9. The molecule has 0 heterocycles. The van der Waals surface area contributed by atoms with Gasteiger partial charge in [-0.3, -0.25) is 0 Å². The van der Waals surface area contributed by atoms with E-state index in [4.69, 9.17) is 9.94 Å². The number of esters is 1. The fourth-order valence-electron chi connectivity index (χ4n) is 2.04. The molecule has 0 bridgehead atoms. The first-order chi connectivity index (χ1) is 8.40. The van der Waals surface area contributed by atoms with E-state index in [-0.39, 0.29) is 5.97 Å². The molecular formula is C14H17NO3. The highest BCUT2D eigenvalue weighted by Gasteiger charge is 2.22. The van der Waals surface area contributed by atoms with E-state index in [9.17, 15) is 4.79 Å². The Balaban J connectivity index is 2.26. The second kappa shape index (κ2) is 4.44. The average molecular weight is 247 g/mol. The SMILES string of the molecule is CC(C)(C)OC(=O)c1ccc2c(c1)CCC2=NO. The number of hydrogen-bond donors (Lipinski definition) is 1. The molecule has 1 aromatic carbocycles. The van der Waals surface area contributed by atoms with E-state index in [1.807, 2.05) is 32.9 Å². The van der Waals surface area contributed by atoms with Crippen molar-refractivity contribution in [3.63, 3.8) is 0 Å². The minimum atomic E-state index is -0.492. The summed E-state index contributed by atoms with van der Waals surface area (Å²) in [5, 5.41) is 12.1. The minimum Gasteiger partial charge on any atom is -0.456 e. The number of benzene rings is 1. The van der Waals surface area contributed by atoms with E-state index in [1.54, 1.807) is 6.07 Å². The molecule has 0 aromatic heterocycles. The summed E-state index contributed by atoms with van der Waals surface area (Å²) in [6, 6.07) is 5.35. The molecule has 0 spiro atoms. The Hall–Kier alpha value is -1.84. The monoisotopic (exact) mass is 247 g/mol. The van der Waals surface area contributed by atoms with Gasteiger partial charge in [0.05, 0.1) is 11.3 Å². The molecule has 1 aliphatic carbocycles. The lowest BCUT2D eigenvalue weighted by Gasteiger charge is -2.19. The average Bonchev–Trinajstić information content (AvgIpc) is 2.68. The third kappa shape index (κ3) is 2.53. The number of nitrogens with zero attached hydrogens (tertiary/aromatic N) is 1. The first-order valence-electron chi connectivity index (χ1n) is 5.98. The van der Waals surface area contributed by atoms with Gasteiger partial charge in [0.15, 0.2) is 0 Å². The van der Waals surface area contributed by atoms with Crippen molar-refractivity contribution in [3.05, 3.63) is 34.9 Å². The molecule has 0 aliphatic heterocycles. The fourth-order valence-corrected chi connectivity index (χ4v) is 2.04.